The second-order valence-corrected chi connectivity index (χ2v) is 9.85. The lowest BCUT2D eigenvalue weighted by Crippen LogP contribution is -2.45. The molecule has 0 unspecified atom stereocenters. The summed E-state index contributed by atoms with van der Waals surface area (Å²) in [6, 6.07) is 11.5. The normalized spacial score (nSPS) is 15.2. The van der Waals surface area contributed by atoms with E-state index in [1.54, 1.807) is 12.1 Å². The Morgan fingerprint density at radius 1 is 1.13 bits per heavy atom. The van der Waals surface area contributed by atoms with Crippen molar-refractivity contribution in [2.24, 2.45) is 0 Å². The zero-order valence-electron chi connectivity index (χ0n) is 17.2. The molecule has 1 fully saturated rings. The molecule has 8 heteroatoms. The Kier molecular flexibility index (Phi) is 7.39. The number of nitrogens with one attached hydrogen (secondary N) is 1. The lowest BCUT2D eigenvalue weighted by molar-refractivity contribution is -0.116. The van der Waals surface area contributed by atoms with Crippen molar-refractivity contribution in [2.75, 3.05) is 19.0 Å². The molecular weight excluding hydrogens is 424 g/mol. The van der Waals surface area contributed by atoms with Crippen LogP contribution in [0.3, 0.4) is 0 Å². The molecule has 0 aliphatic heterocycles. The number of methoxy groups -OCH3 is 1. The molecular formula is C22H27ClN2O4S. The van der Waals surface area contributed by atoms with Gasteiger partial charge in [-0.2, -0.15) is 4.31 Å². The molecule has 1 saturated carbocycles. The highest BCUT2D eigenvalue weighted by atomic mass is 35.5. The molecule has 1 amide bonds. The van der Waals surface area contributed by atoms with E-state index >= 15 is 0 Å². The van der Waals surface area contributed by atoms with Crippen molar-refractivity contribution >= 4 is 33.2 Å². The third-order valence-corrected chi connectivity index (χ3v) is 7.54. The van der Waals surface area contributed by atoms with E-state index in [4.69, 9.17) is 16.3 Å². The van der Waals surface area contributed by atoms with Gasteiger partial charge in [0.1, 0.15) is 5.75 Å². The predicted octanol–water partition coefficient (Wildman–Crippen LogP) is 4.62. The molecule has 0 heterocycles. The third-order valence-electron chi connectivity index (χ3n) is 5.35. The fourth-order valence-corrected chi connectivity index (χ4v) is 5.69. The largest absolute Gasteiger partial charge is 0.495 e. The fourth-order valence-electron chi connectivity index (χ4n) is 3.70. The highest BCUT2D eigenvalue weighted by Gasteiger charge is 2.34. The number of amides is 1. The summed E-state index contributed by atoms with van der Waals surface area (Å²) < 4.78 is 33.4. The number of hydrogen-bond donors (Lipinski definition) is 1. The zero-order chi connectivity index (χ0) is 21.7. The van der Waals surface area contributed by atoms with Crippen LogP contribution in [0.25, 0.3) is 0 Å². The van der Waals surface area contributed by atoms with Crippen LogP contribution in [0.1, 0.15) is 37.7 Å². The molecule has 1 aliphatic rings. The van der Waals surface area contributed by atoms with E-state index in [0.29, 0.717) is 11.4 Å². The van der Waals surface area contributed by atoms with Crippen LogP contribution in [0.5, 0.6) is 5.75 Å². The van der Waals surface area contributed by atoms with Gasteiger partial charge in [0.15, 0.2) is 0 Å². The van der Waals surface area contributed by atoms with Crippen molar-refractivity contribution in [3.8, 4) is 5.75 Å². The van der Waals surface area contributed by atoms with Crippen molar-refractivity contribution < 1.29 is 17.9 Å². The van der Waals surface area contributed by atoms with Gasteiger partial charge in [0, 0.05) is 11.7 Å². The van der Waals surface area contributed by atoms with E-state index < -0.39 is 10.0 Å². The quantitative estimate of drug-likeness (QED) is 0.667. The Labute approximate surface area is 183 Å². The van der Waals surface area contributed by atoms with Gasteiger partial charge in [-0.05, 0) is 50.1 Å². The van der Waals surface area contributed by atoms with Crippen LogP contribution in [0.4, 0.5) is 5.69 Å². The van der Waals surface area contributed by atoms with Gasteiger partial charge in [-0.15, -0.1) is 0 Å². The molecule has 162 valence electrons. The number of hydrogen-bond acceptors (Lipinski definition) is 4. The van der Waals surface area contributed by atoms with E-state index in [2.05, 4.69) is 5.32 Å². The first kappa shape index (κ1) is 22.6. The Morgan fingerprint density at radius 3 is 2.40 bits per heavy atom. The van der Waals surface area contributed by atoms with Crippen LogP contribution in [0.2, 0.25) is 5.02 Å². The van der Waals surface area contributed by atoms with Crippen LogP contribution >= 0.6 is 11.6 Å². The molecule has 0 spiro atoms. The minimum absolute atomic E-state index is 0.0574. The first-order valence-corrected chi connectivity index (χ1v) is 11.8. The number of sulfonamides is 1. The summed E-state index contributed by atoms with van der Waals surface area (Å²) in [5.74, 6) is 0.0320. The molecule has 6 nitrogen and oxygen atoms in total. The summed E-state index contributed by atoms with van der Waals surface area (Å²) in [7, 11) is -2.44. The molecule has 1 N–H and O–H groups in total. The average molecular weight is 451 g/mol. The maximum absolute atomic E-state index is 13.5. The standard InChI is InChI=1S/C22H27ClN2O4S/c1-16-8-10-17(11-9-16)24-22(26)15-25(18-6-4-3-5-7-18)30(27,28)19-12-13-21(29-2)20(23)14-19/h8-14,18H,3-7,15H2,1-2H3,(H,24,26). The van der Waals surface area contributed by atoms with Crippen LogP contribution in [0.15, 0.2) is 47.4 Å². The second kappa shape index (κ2) is 9.81. The van der Waals surface area contributed by atoms with Crippen LogP contribution in [0, 0.1) is 6.92 Å². The van der Waals surface area contributed by atoms with Gasteiger partial charge in [0.25, 0.3) is 0 Å². The number of carbonyl (C=O) groups excluding carboxylic acids is 1. The smallest absolute Gasteiger partial charge is 0.243 e. The highest BCUT2D eigenvalue weighted by Crippen LogP contribution is 2.31. The maximum atomic E-state index is 13.5. The molecule has 0 saturated heterocycles. The lowest BCUT2D eigenvalue weighted by Gasteiger charge is -2.33. The number of benzene rings is 2. The predicted molar refractivity (Wildman–Crippen MR) is 119 cm³/mol. The molecule has 0 aromatic heterocycles. The summed E-state index contributed by atoms with van der Waals surface area (Å²) in [6.45, 7) is 1.72. The first-order chi connectivity index (χ1) is 14.3. The SMILES string of the molecule is COc1ccc(S(=O)(=O)N(CC(=O)Nc2ccc(C)cc2)C2CCCCC2)cc1Cl. The number of nitrogens with zero attached hydrogens (tertiary/aromatic N) is 1. The van der Waals surface area contributed by atoms with E-state index in [1.165, 1.54) is 29.6 Å². The molecule has 2 aromatic rings. The Hall–Kier alpha value is -2.09. The van der Waals surface area contributed by atoms with Crippen molar-refractivity contribution in [1.29, 1.82) is 0 Å². The maximum Gasteiger partial charge on any atom is 0.243 e. The molecule has 2 aromatic carbocycles. The third kappa shape index (κ3) is 5.33. The van der Waals surface area contributed by atoms with Gasteiger partial charge in [0.2, 0.25) is 15.9 Å². The van der Waals surface area contributed by atoms with Crippen LogP contribution < -0.4 is 10.1 Å². The number of anilines is 1. The van der Waals surface area contributed by atoms with E-state index in [1.807, 2.05) is 19.1 Å². The van der Waals surface area contributed by atoms with Crippen molar-refractivity contribution in [2.45, 2.75) is 50.0 Å². The van der Waals surface area contributed by atoms with E-state index in [9.17, 15) is 13.2 Å². The second-order valence-electron chi connectivity index (χ2n) is 7.55. The number of halogens is 1. The highest BCUT2D eigenvalue weighted by molar-refractivity contribution is 7.89. The topological polar surface area (TPSA) is 75.7 Å². The number of aryl methyl sites for hydroxylation is 1. The molecule has 30 heavy (non-hydrogen) atoms. The Bertz CT molecular complexity index is 987. The minimum Gasteiger partial charge on any atom is -0.495 e. The molecule has 0 atom stereocenters. The van der Waals surface area contributed by atoms with Gasteiger partial charge in [0.05, 0.1) is 23.6 Å². The summed E-state index contributed by atoms with van der Waals surface area (Å²) in [5, 5.41) is 3.01. The number of rotatable bonds is 7. The molecule has 3 rings (SSSR count). The average Bonchev–Trinajstić information content (AvgIpc) is 2.74. The van der Waals surface area contributed by atoms with Crippen molar-refractivity contribution in [1.82, 2.24) is 4.31 Å². The fraction of sp³-hybridized carbons (Fsp3) is 0.409. The Balaban J connectivity index is 1.86. The van der Waals surface area contributed by atoms with E-state index in [0.717, 1.165) is 37.7 Å². The van der Waals surface area contributed by atoms with Gasteiger partial charge in [-0.25, -0.2) is 8.42 Å². The Morgan fingerprint density at radius 2 is 1.80 bits per heavy atom. The minimum atomic E-state index is -3.91. The molecule has 0 bridgehead atoms. The number of ether oxygens (including phenoxy) is 1. The van der Waals surface area contributed by atoms with Gasteiger partial charge in [-0.1, -0.05) is 48.6 Å². The van der Waals surface area contributed by atoms with Crippen molar-refractivity contribution in [3.05, 3.63) is 53.1 Å². The first-order valence-electron chi connectivity index (χ1n) is 10.0. The summed E-state index contributed by atoms with van der Waals surface area (Å²) in [5.41, 5.74) is 1.72. The van der Waals surface area contributed by atoms with Crippen LogP contribution in [-0.4, -0.2) is 38.3 Å². The van der Waals surface area contributed by atoms with Crippen molar-refractivity contribution in [3.63, 3.8) is 0 Å². The molecule has 0 radical (unpaired) electrons. The molecule has 1 aliphatic carbocycles. The van der Waals surface area contributed by atoms with E-state index in [-0.39, 0.29) is 28.4 Å². The number of carbonyl (C=O) groups is 1. The monoisotopic (exact) mass is 450 g/mol. The van der Waals surface area contributed by atoms with Crippen LogP contribution in [-0.2, 0) is 14.8 Å². The van der Waals surface area contributed by atoms with Gasteiger partial charge < -0.3 is 10.1 Å². The summed E-state index contributed by atoms with van der Waals surface area (Å²) in [6.07, 6.45) is 4.44. The van der Waals surface area contributed by atoms with Gasteiger partial charge >= 0.3 is 0 Å². The summed E-state index contributed by atoms with van der Waals surface area (Å²) in [4.78, 5) is 12.8. The lowest BCUT2D eigenvalue weighted by atomic mass is 9.95. The zero-order valence-corrected chi connectivity index (χ0v) is 18.8. The van der Waals surface area contributed by atoms with Gasteiger partial charge in [-0.3, -0.25) is 4.79 Å². The summed E-state index contributed by atoms with van der Waals surface area (Å²) >= 11 is 6.16.